The third-order valence-corrected chi connectivity index (χ3v) is 5.26. The van der Waals surface area contributed by atoms with Crippen molar-refractivity contribution in [3.63, 3.8) is 0 Å². The predicted molar refractivity (Wildman–Crippen MR) is 103 cm³/mol. The molecule has 0 saturated heterocycles. The van der Waals surface area contributed by atoms with Gasteiger partial charge >= 0.3 is 5.97 Å². The Kier molecular flexibility index (Phi) is 5.85. The van der Waals surface area contributed by atoms with Crippen LogP contribution in [0.15, 0.2) is 24.3 Å². The molecule has 1 aliphatic rings. The molecule has 0 saturated carbocycles. The van der Waals surface area contributed by atoms with Crippen molar-refractivity contribution >= 4 is 39.9 Å². The summed E-state index contributed by atoms with van der Waals surface area (Å²) in [6.07, 6.45) is 2.00. The summed E-state index contributed by atoms with van der Waals surface area (Å²) >= 11 is 1.39. The summed E-state index contributed by atoms with van der Waals surface area (Å²) in [4.78, 5) is 41.1. The summed E-state index contributed by atoms with van der Waals surface area (Å²) in [5.41, 5.74) is 1.92. The molecule has 27 heavy (non-hydrogen) atoms. The molecule has 0 fully saturated rings. The third-order valence-electron chi connectivity index (χ3n) is 4.23. The number of amides is 2. The van der Waals surface area contributed by atoms with Crippen LogP contribution in [0.5, 0.6) is 0 Å². The highest BCUT2D eigenvalue weighted by Gasteiger charge is 2.28. The van der Waals surface area contributed by atoms with Gasteiger partial charge in [0, 0.05) is 23.1 Å². The molecule has 1 heterocycles. The molecule has 142 valence electrons. The van der Waals surface area contributed by atoms with E-state index in [0.717, 1.165) is 10.6 Å². The number of fused-ring (bicyclic) bond motifs is 1. The average Bonchev–Trinajstić information content (AvgIpc) is 3.02. The first kappa shape index (κ1) is 19.0. The van der Waals surface area contributed by atoms with Crippen LogP contribution in [0.1, 0.15) is 41.2 Å². The molecule has 8 heteroatoms. The van der Waals surface area contributed by atoms with Gasteiger partial charge in [-0.15, -0.1) is 11.3 Å². The van der Waals surface area contributed by atoms with Gasteiger partial charge in [0.25, 0.3) is 5.91 Å². The number of nitrogens with zero attached hydrogens (tertiary/aromatic N) is 1. The average molecular weight is 387 g/mol. The number of carbonyl (C=O) groups excluding carboxylic acids is 3. The van der Waals surface area contributed by atoms with Gasteiger partial charge in [0.05, 0.1) is 18.2 Å². The van der Waals surface area contributed by atoms with Crippen LogP contribution in [-0.4, -0.2) is 29.4 Å². The van der Waals surface area contributed by atoms with Crippen LogP contribution in [0.3, 0.4) is 0 Å². The number of benzene rings is 1. The molecular formula is C19H21N3O4S. The number of ether oxygens (including phenoxy) is 1. The van der Waals surface area contributed by atoms with E-state index < -0.39 is 0 Å². The Balaban J connectivity index is 1.68. The van der Waals surface area contributed by atoms with Gasteiger partial charge in [-0.1, -0.05) is 6.07 Å². The van der Waals surface area contributed by atoms with E-state index in [0.29, 0.717) is 42.3 Å². The van der Waals surface area contributed by atoms with Crippen LogP contribution in [0.25, 0.3) is 0 Å². The summed E-state index contributed by atoms with van der Waals surface area (Å²) < 4.78 is 5.11. The topological polar surface area (TPSA) is 97.4 Å². The number of anilines is 2. The monoisotopic (exact) mass is 387 g/mol. The van der Waals surface area contributed by atoms with E-state index in [1.165, 1.54) is 18.3 Å². The molecule has 1 aromatic carbocycles. The maximum absolute atomic E-state index is 12.5. The normalized spacial score (nSPS) is 15.6. The van der Waals surface area contributed by atoms with E-state index in [2.05, 4.69) is 15.6 Å². The molecule has 0 aliphatic heterocycles. The largest absolute Gasteiger partial charge is 0.466 e. The van der Waals surface area contributed by atoms with Gasteiger partial charge in [0.1, 0.15) is 0 Å². The Hall–Kier alpha value is -2.74. The van der Waals surface area contributed by atoms with Gasteiger partial charge in [0.15, 0.2) is 5.13 Å². The Morgan fingerprint density at radius 1 is 1.30 bits per heavy atom. The van der Waals surface area contributed by atoms with Crippen molar-refractivity contribution < 1.29 is 19.1 Å². The lowest BCUT2D eigenvalue weighted by Gasteiger charge is -2.18. The van der Waals surface area contributed by atoms with Crippen molar-refractivity contribution in [1.29, 1.82) is 0 Å². The molecule has 2 N–H and O–H groups in total. The quantitative estimate of drug-likeness (QED) is 0.769. The zero-order valence-corrected chi connectivity index (χ0v) is 16.0. The fourth-order valence-electron chi connectivity index (χ4n) is 3.00. The third kappa shape index (κ3) is 4.71. The van der Waals surface area contributed by atoms with Gasteiger partial charge in [-0.3, -0.25) is 19.7 Å². The van der Waals surface area contributed by atoms with Gasteiger partial charge in [-0.05, 0) is 44.4 Å². The summed E-state index contributed by atoms with van der Waals surface area (Å²) in [5, 5.41) is 5.97. The van der Waals surface area contributed by atoms with Crippen LogP contribution < -0.4 is 10.6 Å². The first-order chi connectivity index (χ1) is 13.0. The zero-order valence-electron chi connectivity index (χ0n) is 15.2. The number of thiazole rings is 1. The Bertz CT molecular complexity index is 878. The molecule has 1 aliphatic carbocycles. The number of carbonyl (C=O) groups is 3. The lowest BCUT2D eigenvalue weighted by Crippen LogP contribution is -2.24. The Labute approximate surface area is 161 Å². The molecule has 3 rings (SSSR count). The minimum absolute atomic E-state index is 0.143. The molecule has 0 radical (unpaired) electrons. The van der Waals surface area contributed by atoms with E-state index in [1.807, 2.05) is 0 Å². The number of aromatic nitrogens is 1. The second-order valence-electron chi connectivity index (χ2n) is 6.30. The first-order valence-corrected chi connectivity index (χ1v) is 9.62. The van der Waals surface area contributed by atoms with Gasteiger partial charge in [0.2, 0.25) is 5.91 Å². The summed E-state index contributed by atoms with van der Waals surface area (Å²) in [7, 11) is 0. The summed E-state index contributed by atoms with van der Waals surface area (Å²) in [6, 6.07) is 6.71. The van der Waals surface area contributed by atoms with Gasteiger partial charge < -0.3 is 10.1 Å². The van der Waals surface area contributed by atoms with Crippen LogP contribution in [0, 0.1) is 5.92 Å². The number of rotatable bonds is 5. The maximum atomic E-state index is 12.5. The molecular weight excluding hydrogens is 366 g/mol. The predicted octanol–water partition coefficient (Wildman–Crippen LogP) is 3.02. The standard InChI is InChI=1S/C19H21N3O4S/c1-3-26-18(25)13-7-8-15-16(10-13)27-19(21-15)22-17(24)12-5-4-6-14(9-12)20-11(2)23/h4-6,9,13H,3,7-8,10H2,1-2H3,(H,20,23)(H,21,22,24). The zero-order chi connectivity index (χ0) is 19.4. The fourth-order valence-corrected chi connectivity index (χ4v) is 4.08. The number of hydrogen-bond donors (Lipinski definition) is 2. The first-order valence-electron chi connectivity index (χ1n) is 8.80. The van der Waals surface area contributed by atoms with E-state index in [-0.39, 0.29) is 23.7 Å². The SMILES string of the molecule is CCOC(=O)C1CCc2nc(NC(=O)c3cccc(NC(C)=O)c3)sc2C1. The molecule has 1 unspecified atom stereocenters. The van der Waals surface area contributed by atoms with E-state index in [9.17, 15) is 14.4 Å². The molecule has 1 aromatic heterocycles. The van der Waals surface area contributed by atoms with Crippen LogP contribution in [0.4, 0.5) is 10.8 Å². The minimum Gasteiger partial charge on any atom is -0.466 e. The number of nitrogens with one attached hydrogen (secondary N) is 2. The van der Waals surface area contributed by atoms with Crippen molar-refractivity contribution in [2.45, 2.75) is 33.1 Å². The van der Waals surface area contributed by atoms with Crippen molar-refractivity contribution in [2.24, 2.45) is 5.92 Å². The fraction of sp³-hybridized carbons (Fsp3) is 0.368. The van der Waals surface area contributed by atoms with Gasteiger partial charge in [-0.25, -0.2) is 4.98 Å². The molecule has 2 amide bonds. The van der Waals surface area contributed by atoms with E-state index in [1.54, 1.807) is 31.2 Å². The van der Waals surface area contributed by atoms with E-state index in [4.69, 9.17) is 4.74 Å². The lowest BCUT2D eigenvalue weighted by molar-refractivity contribution is -0.148. The summed E-state index contributed by atoms with van der Waals surface area (Å²) in [6.45, 7) is 3.59. The van der Waals surface area contributed by atoms with Crippen molar-refractivity contribution in [1.82, 2.24) is 4.98 Å². The minimum atomic E-state index is -0.296. The van der Waals surface area contributed by atoms with Crippen molar-refractivity contribution in [3.8, 4) is 0 Å². The molecule has 7 nitrogen and oxygen atoms in total. The number of hydrogen-bond acceptors (Lipinski definition) is 6. The highest BCUT2D eigenvalue weighted by molar-refractivity contribution is 7.15. The molecule has 2 aromatic rings. The summed E-state index contributed by atoms with van der Waals surface area (Å²) in [5.74, 6) is -0.806. The number of aryl methyl sites for hydroxylation is 1. The van der Waals surface area contributed by atoms with Crippen LogP contribution >= 0.6 is 11.3 Å². The smallest absolute Gasteiger partial charge is 0.309 e. The second kappa shape index (κ2) is 8.30. The van der Waals surface area contributed by atoms with Crippen molar-refractivity contribution in [2.75, 3.05) is 17.2 Å². The van der Waals surface area contributed by atoms with Crippen molar-refractivity contribution in [3.05, 3.63) is 40.4 Å². The highest BCUT2D eigenvalue weighted by Crippen LogP contribution is 2.33. The maximum Gasteiger partial charge on any atom is 0.309 e. The van der Waals surface area contributed by atoms with Crippen LogP contribution in [0.2, 0.25) is 0 Å². The van der Waals surface area contributed by atoms with Crippen LogP contribution in [-0.2, 0) is 27.2 Å². The lowest BCUT2D eigenvalue weighted by atomic mass is 9.91. The second-order valence-corrected chi connectivity index (χ2v) is 7.38. The highest BCUT2D eigenvalue weighted by atomic mass is 32.1. The Morgan fingerprint density at radius 3 is 2.85 bits per heavy atom. The molecule has 1 atom stereocenters. The van der Waals surface area contributed by atoms with E-state index >= 15 is 0 Å². The number of esters is 1. The Morgan fingerprint density at radius 2 is 2.11 bits per heavy atom. The molecule has 0 bridgehead atoms. The van der Waals surface area contributed by atoms with Gasteiger partial charge in [-0.2, -0.15) is 0 Å². The molecule has 0 spiro atoms.